The Kier molecular flexibility index (Phi) is 2.61. The van der Waals surface area contributed by atoms with Gasteiger partial charge in [0.05, 0.1) is 1.37 Å². The number of carboxylic acid groups (broad SMARTS) is 1. The first-order chi connectivity index (χ1) is 15.4. The van der Waals surface area contributed by atoms with Crippen molar-refractivity contribution < 1.29 is 31.1 Å². The average molecular weight is 330 g/mol. The Balaban J connectivity index is 2.74. The molecule has 1 saturated carbocycles. The molecular formula is C19H27NO3. The van der Waals surface area contributed by atoms with Crippen LogP contribution >= 0.6 is 0 Å². The number of benzene rings is 1. The lowest BCUT2D eigenvalue weighted by Gasteiger charge is -2.30. The van der Waals surface area contributed by atoms with Crippen molar-refractivity contribution in [1.29, 1.82) is 0 Å². The summed E-state index contributed by atoms with van der Waals surface area (Å²) in [5.74, 6) is -14.0. The van der Waals surface area contributed by atoms with Gasteiger partial charge in [-0.1, -0.05) is 44.2 Å². The van der Waals surface area contributed by atoms with Gasteiger partial charge in [0.2, 0.25) is 5.91 Å². The summed E-state index contributed by atoms with van der Waals surface area (Å²) in [6, 6.07) is 4.53. The number of amides is 1. The predicted octanol–water partition coefficient (Wildman–Crippen LogP) is 3.26. The van der Waals surface area contributed by atoms with E-state index in [2.05, 4.69) is 0 Å². The van der Waals surface area contributed by atoms with Crippen molar-refractivity contribution in [2.24, 2.45) is 17.7 Å². The van der Waals surface area contributed by atoms with Gasteiger partial charge in [0, 0.05) is 27.4 Å². The van der Waals surface area contributed by atoms with E-state index in [4.69, 9.17) is 16.4 Å². The summed E-state index contributed by atoms with van der Waals surface area (Å²) in [7, 11) is 0. The van der Waals surface area contributed by atoms with Gasteiger partial charge in [-0.05, 0) is 42.8 Å². The highest BCUT2D eigenvalue weighted by Gasteiger charge is 2.30. The summed E-state index contributed by atoms with van der Waals surface area (Å²) in [4.78, 5) is 25.2. The second-order valence-electron chi connectivity index (χ2n) is 5.15. The van der Waals surface area contributed by atoms with Gasteiger partial charge in [0.25, 0.3) is 0 Å². The van der Waals surface area contributed by atoms with E-state index >= 15 is 0 Å². The van der Waals surface area contributed by atoms with Crippen molar-refractivity contribution in [3.63, 3.8) is 0 Å². The van der Waals surface area contributed by atoms with Crippen LogP contribution in [-0.4, -0.2) is 23.0 Å². The van der Waals surface area contributed by atoms with Gasteiger partial charge in [-0.25, -0.2) is 4.79 Å². The molecule has 2 N–H and O–H groups in total. The highest BCUT2D eigenvalue weighted by atomic mass is 16.4. The third kappa shape index (κ3) is 5.08. The maximum atomic E-state index is 13.3. The monoisotopic (exact) mass is 329 g/mol. The highest BCUT2D eigenvalue weighted by Crippen LogP contribution is 2.33. The molecule has 1 aliphatic rings. The van der Waals surface area contributed by atoms with Gasteiger partial charge in [0.1, 0.15) is 6.02 Å². The molecule has 23 heavy (non-hydrogen) atoms. The van der Waals surface area contributed by atoms with Crippen LogP contribution in [0.5, 0.6) is 0 Å². The van der Waals surface area contributed by atoms with Gasteiger partial charge in [-0.3, -0.25) is 4.79 Å². The first-order valence-electron chi connectivity index (χ1n) is 13.0. The molecule has 1 aromatic rings. The molecule has 1 aliphatic carbocycles. The fourth-order valence-corrected chi connectivity index (χ4v) is 1.85. The molecule has 126 valence electrons. The standard InChI is InChI=1S/C19H27NO3/c1-13(2)15-8-10-16(11-9-15)18(21)20-17(19(22)23)12-14-6-4-3-5-7-14/h3-7,13,15-17H,8-12H2,1-2H3,(H,20,21)(H,22,23)/i8D2,9D2,10D2,11D2,13D,15D,16D,17D. The molecule has 2 rings (SSSR count). The largest absolute Gasteiger partial charge is 0.480 e. The smallest absolute Gasteiger partial charge is 0.326 e. The number of carbonyl (C=O) groups is 2. The van der Waals surface area contributed by atoms with Crippen molar-refractivity contribution >= 4 is 11.9 Å². The Labute approximate surface area is 155 Å². The van der Waals surface area contributed by atoms with Crippen LogP contribution in [0.3, 0.4) is 0 Å². The first-order valence-corrected chi connectivity index (χ1v) is 7.00. The Bertz CT molecular complexity index is 980. The molecule has 4 heteroatoms. The number of rotatable bonds is 6. The molecule has 1 atom stereocenters. The van der Waals surface area contributed by atoms with Crippen molar-refractivity contribution in [1.82, 2.24) is 5.32 Å². The van der Waals surface area contributed by atoms with Crippen molar-refractivity contribution in [2.45, 2.75) is 51.8 Å². The van der Waals surface area contributed by atoms with E-state index < -0.39 is 67.5 Å². The zero-order valence-electron chi connectivity index (χ0n) is 24.9. The zero-order chi connectivity index (χ0) is 27.7. The fourth-order valence-electron chi connectivity index (χ4n) is 1.85. The van der Waals surface area contributed by atoms with Crippen LogP contribution in [0.25, 0.3) is 0 Å². The van der Waals surface area contributed by atoms with Gasteiger partial charge in [-0.15, -0.1) is 0 Å². The second kappa shape index (κ2) is 8.14. The summed E-state index contributed by atoms with van der Waals surface area (Å²) in [5, 5.41) is 11.3. The third-order valence-corrected chi connectivity index (χ3v) is 3.10. The maximum Gasteiger partial charge on any atom is 0.326 e. The molecule has 0 heterocycles. The lowest BCUT2D eigenvalue weighted by atomic mass is 9.76. The fraction of sp³-hybridized carbons (Fsp3) is 0.579. The van der Waals surface area contributed by atoms with E-state index in [1.807, 2.05) is 0 Å². The molecule has 1 aromatic carbocycles. The molecular weight excluding hydrogens is 290 g/mol. The summed E-state index contributed by atoms with van der Waals surface area (Å²) in [6.07, 6.45) is -16.3. The highest BCUT2D eigenvalue weighted by molar-refractivity contribution is 5.85. The Hall–Kier alpha value is -1.84. The average Bonchev–Trinajstić information content (AvgIpc) is 2.70. The van der Waals surface area contributed by atoms with Gasteiger partial charge in [0.15, 0.2) is 0 Å². The number of hydrogen-bond donors (Lipinski definition) is 2. The topological polar surface area (TPSA) is 66.4 Å². The number of aliphatic carboxylic acids is 1. The Morgan fingerprint density at radius 1 is 1.30 bits per heavy atom. The molecule has 1 unspecified atom stereocenters. The first kappa shape index (κ1) is 7.37. The molecule has 0 saturated heterocycles. The zero-order valence-corrected chi connectivity index (χ0v) is 12.9. The Morgan fingerprint density at radius 2 is 1.91 bits per heavy atom. The molecule has 1 amide bonds. The lowest BCUT2D eigenvalue weighted by Crippen LogP contribution is -2.45. The molecule has 0 spiro atoms. The van der Waals surface area contributed by atoms with Crippen LogP contribution in [-0.2, 0) is 16.0 Å². The van der Waals surface area contributed by atoms with Crippen LogP contribution in [0.1, 0.15) is 61.4 Å². The Morgan fingerprint density at radius 3 is 2.43 bits per heavy atom. The van der Waals surface area contributed by atoms with Crippen LogP contribution in [0.4, 0.5) is 0 Å². The number of carboxylic acids is 1. The number of nitrogens with one attached hydrogen (secondary N) is 1. The van der Waals surface area contributed by atoms with Gasteiger partial charge in [-0.2, -0.15) is 0 Å². The van der Waals surface area contributed by atoms with Crippen molar-refractivity contribution in [3.8, 4) is 0 Å². The normalized spacial score (nSPS) is 47.2. The van der Waals surface area contributed by atoms with Crippen LogP contribution in [0.2, 0.25) is 0 Å². The third-order valence-electron chi connectivity index (χ3n) is 3.10. The SMILES string of the molecule is [2H]C(Cc1ccccc1)(NC(=O)C1([2H])C([2H])([2H])C([2H])([2H])C([2H])(C([2H])(C)C)C([2H])([2H])C1([2H])[2H])C(=O)O. The van der Waals surface area contributed by atoms with E-state index in [-0.39, 0.29) is 5.56 Å². The molecule has 0 radical (unpaired) electrons. The van der Waals surface area contributed by atoms with E-state index in [9.17, 15) is 14.7 Å². The minimum Gasteiger partial charge on any atom is -0.480 e. The van der Waals surface area contributed by atoms with Crippen molar-refractivity contribution in [2.75, 3.05) is 0 Å². The predicted molar refractivity (Wildman–Crippen MR) is 90.0 cm³/mol. The number of hydrogen-bond acceptors (Lipinski definition) is 2. The van der Waals surface area contributed by atoms with Crippen LogP contribution < -0.4 is 5.32 Å². The van der Waals surface area contributed by atoms with E-state index in [1.165, 1.54) is 24.3 Å². The summed E-state index contributed by atoms with van der Waals surface area (Å²) in [6.45, 7) is 1.77. The van der Waals surface area contributed by atoms with E-state index in [1.54, 1.807) is 11.4 Å². The molecule has 0 aromatic heterocycles. The minimum atomic E-state index is -4.01. The lowest BCUT2D eigenvalue weighted by molar-refractivity contribution is -0.142. The van der Waals surface area contributed by atoms with Gasteiger partial charge >= 0.3 is 5.97 Å². The van der Waals surface area contributed by atoms with Crippen molar-refractivity contribution in [3.05, 3.63) is 35.9 Å². The molecule has 4 nitrogen and oxygen atoms in total. The van der Waals surface area contributed by atoms with Crippen LogP contribution in [0, 0.1) is 17.7 Å². The summed E-state index contributed by atoms with van der Waals surface area (Å²) >= 11 is 0. The summed E-state index contributed by atoms with van der Waals surface area (Å²) < 4.78 is 100. The maximum absolute atomic E-state index is 13.3. The van der Waals surface area contributed by atoms with E-state index in [0.717, 1.165) is 13.8 Å². The second-order valence-corrected chi connectivity index (χ2v) is 5.15. The van der Waals surface area contributed by atoms with E-state index in [0.29, 0.717) is 0 Å². The molecule has 1 fully saturated rings. The number of carbonyl (C=O) groups excluding carboxylic acids is 1. The minimum absolute atomic E-state index is 0.241. The quantitative estimate of drug-likeness (QED) is 0.842. The van der Waals surface area contributed by atoms with Crippen LogP contribution in [0.15, 0.2) is 30.3 Å². The molecule has 0 bridgehead atoms. The van der Waals surface area contributed by atoms with Gasteiger partial charge < -0.3 is 10.4 Å². The molecule has 0 aliphatic heterocycles. The summed E-state index contributed by atoms with van der Waals surface area (Å²) in [5.41, 5.74) is 0.241.